The zero-order valence-electron chi connectivity index (χ0n) is 38.5. The van der Waals surface area contributed by atoms with E-state index < -0.39 is 16.8 Å². The van der Waals surface area contributed by atoms with Gasteiger partial charge in [0, 0.05) is 17.1 Å². The Morgan fingerprint density at radius 1 is 0.291 bits per heavy atom. The summed E-state index contributed by atoms with van der Waals surface area (Å²) in [7, 11) is 0. The summed E-state index contributed by atoms with van der Waals surface area (Å²) >= 11 is 0. The van der Waals surface area contributed by atoms with Crippen molar-refractivity contribution in [3.8, 4) is 0 Å². The summed E-state index contributed by atoms with van der Waals surface area (Å²) in [4.78, 5) is 2.24. The first-order valence-corrected chi connectivity index (χ1v) is 20.8. The standard InChI is InChI=1S/C51H81NO3/c1-43(2,3)31-49(53,32-44(4,5)6)37-19-25-40(26-20-37)52(41-27-21-38(22-28-41)50(54,33-45(7,8)9)34-46(10,11)12)42-29-23-39(24-30-42)51(55,35-47(13,14)15)36-48(16,17)18/h19-30,53-55H,31-36H2,1-18H3. The van der Waals surface area contributed by atoms with Crippen LogP contribution in [0.1, 0.15) is 180 Å². The quantitative estimate of drug-likeness (QED) is 0.172. The molecule has 0 radical (unpaired) electrons. The maximum Gasteiger partial charge on any atom is 0.0906 e. The van der Waals surface area contributed by atoms with Crippen molar-refractivity contribution in [2.24, 2.45) is 32.5 Å². The molecule has 0 aliphatic heterocycles. The van der Waals surface area contributed by atoms with Gasteiger partial charge in [-0.3, -0.25) is 0 Å². The fraction of sp³-hybridized carbons (Fsp3) is 0.647. The average Bonchev–Trinajstić information content (AvgIpc) is 2.92. The number of benzene rings is 3. The molecular formula is C51H81NO3. The monoisotopic (exact) mass is 756 g/mol. The van der Waals surface area contributed by atoms with Crippen molar-refractivity contribution in [1.29, 1.82) is 0 Å². The van der Waals surface area contributed by atoms with Crippen molar-refractivity contribution in [1.82, 2.24) is 0 Å². The molecule has 3 aromatic rings. The molecule has 3 rings (SSSR count). The van der Waals surface area contributed by atoms with E-state index in [1.54, 1.807) is 0 Å². The molecule has 3 N–H and O–H groups in total. The van der Waals surface area contributed by atoms with Gasteiger partial charge in [-0.2, -0.15) is 0 Å². The van der Waals surface area contributed by atoms with E-state index >= 15 is 0 Å². The minimum Gasteiger partial charge on any atom is -0.385 e. The fourth-order valence-corrected chi connectivity index (χ4v) is 9.27. The molecule has 0 saturated carbocycles. The van der Waals surface area contributed by atoms with Crippen LogP contribution in [-0.2, 0) is 16.8 Å². The second-order valence-corrected chi connectivity index (χ2v) is 24.5. The Kier molecular flexibility index (Phi) is 13.5. The molecule has 0 unspecified atom stereocenters. The lowest BCUT2D eigenvalue weighted by atomic mass is 9.71. The molecule has 0 aliphatic carbocycles. The number of hydrogen-bond donors (Lipinski definition) is 3. The van der Waals surface area contributed by atoms with Gasteiger partial charge in [0.25, 0.3) is 0 Å². The third-order valence-electron chi connectivity index (χ3n) is 9.93. The van der Waals surface area contributed by atoms with E-state index in [1.807, 2.05) is 0 Å². The van der Waals surface area contributed by atoms with Crippen LogP contribution in [0.4, 0.5) is 17.1 Å². The SMILES string of the molecule is CC(C)(C)CC(O)(CC(C)(C)C)c1ccc(N(c2ccc(C(O)(CC(C)(C)C)CC(C)(C)C)cc2)c2ccc(C(O)(CC(C)(C)C)CC(C)(C)C)cc2)cc1. The van der Waals surface area contributed by atoms with E-state index in [4.69, 9.17) is 0 Å². The van der Waals surface area contributed by atoms with E-state index in [2.05, 4.69) is 202 Å². The van der Waals surface area contributed by atoms with Crippen molar-refractivity contribution in [3.63, 3.8) is 0 Å². The zero-order chi connectivity index (χ0) is 42.3. The Hall–Kier alpha value is -2.66. The van der Waals surface area contributed by atoms with Crippen LogP contribution in [0.25, 0.3) is 0 Å². The molecule has 0 fully saturated rings. The molecular weight excluding hydrogens is 675 g/mol. The lowest BCUT2D eigenvalue weighted by Gasteiger charge is -2.40. The molecule has 4 nitrogen and oxygen atoms in total. The van der Waals surface area contributed by atoms with Gasteiger partial charge in [-0.05, 0) is 124 Å². The van der Waals surface area contributed by atoms with Gasteiger partial charge >= 0.3 is 0 Å². The second kappa shape index (κ2) is 15.9. The van der Waals surface area contributed by atoms with Gasteiger partial charge in [-0.25, -0.2) is 0 Å². The molecule has 4 heteroatoms. The van der Waals surface area contributed by atoms with E-state index in [0.29, 0.717) is 38.5 Å². The van der Waals surface area contributed by atoms with Crippen LogP contribution in [0.3, 0.4) is 0 Å². The van der Waals surface area contributed by atoms with Crippen molar-refractivity contribution in [2.45, 2.75) is 180 Å². The molecule has 0 amide bonds. The molecule has 0 atom stereocenters. The van der Waals surface area contributed by atoms with Crippen LogP contribution >= 0.6 is 0 Å². The van der Waals surface area contributed by atoms with Crippen molar-refractivity contribution < 1.29 is 15.3 Å². The first-order chi connectivity index (χ1) is 24.5. The normalized spacial score (nSPS) is 14.3. The summed E-state index contributed by atoms with van der Waals surface area (Å²) in [6.07, 6.45) is 3.92. The maximum atomic E-state index is 12.3. The highest BCUT2D eigenvalue weighted by Crippen LogP contribution is 2.47. The van der Waals surface area contributed by atoms with Gasteiger partial charge in [-0.15, -0.1) is 0 Å². The zero-order valence-corrected chi connectivity index (χ0v) is 38.5. The molecule has 0 saturated heterocycles. The fourth-order valence-electron chi connectivity index (χ4n) is 9.27. The maximum absolute atomic E-state index is 12.3. The Morgan fingerprint density at radius 2 is 0.436 bits per heavy atom. The number of rotatable bonds is 12. The topological polar surface area (TPSA) is 63.9 Å². The summed E-state index contributed by atoms with van der Waals surface area (Å²) in [5, 5.41) is 36.9. The predicted octanol–water partition coefficient (Wildman–Crippen LogP) is 14.3. The smallest absolute Gasteiger partial charge is 0.0906 e. The van der Waals surface area contributed by atoms with Crippen LogP contribution in [-0.4, -0.2) is 15.3 Å². The molecule has 3 aromatic carbocycles. The van der Waals surface area contributed by atoms with Crippen molar-refractivity contribution >= 4 is 17.1 Å². The van der Waals surface area contributed by atoms with Gasteiger partial charge in [0.15, 0.2) is 0 Å². The molecule has 0 heterocycles. The van der Waals surface area contributed by atoms with Gasteiger partial charge in [0.1, 0.15) is 0 Å². The molecule has 0 aromatic heterocycles. The number of aliphatic hydroxyl groups is 3. The number of anilines is 3. The minimum absolute atomic E-state index is 0.0575. The van der Waals surface area contributed by atoms with Gasteiger partial charge in [0.2, 0.25) is 0 Å². The molecule has 0 aliphatic rings. The average molecular weight is 756 g/mol. The van der Waals surface area contributed by atoms with Crippen LogP contribution in [0.15, 0.2) is 72.8 Å². The summed E-state index contributed by atoms with van der Waals surface area (Å²) in [6, 6.07) is 25.3. The number of hydrogen-bond acceptors (Lipinski definition) is 4. The van der Waals surface area contributed by atoms with Gasteiger partial charge < -0.3 is 20.2 Å². The third kappa shape index (κ3) is 14.3. The highest BCUT2D eigenvalue weighted by atomic mass is 16.3. The largest absolute Gasteiger partial charge is 0.385 e. The van der Waals surface area contributed by atoms with Crippen LogP contribution in [0.2, 0.25) is 0 Å². The highest BCUT2D eigenvalue weighted by Gasteiger charge is 2.40. The van der Waals surface area contributed by atoms with Gasteiger partial charge in [0.05, 0.1) is 16.8 Å². The van der Waals surface area contributed by atoms with Crippen LogP contribution in [0.5, 0.6) is 0 Å². The summed E-state index contributed by atoms with van der Waals surface area (Å²) < 4.78 is 0. The van der Waals surface area contributed by atoms with Crippen LogP contribution in [0, 0.1) is 32.5 Å². The third-order valence-corrected chi connectivity index (χ3v) is 9.93. The summed E-state index contributed by atoms with van der Waals surface area (Å²) in [5.41, 5.74) is 2.42. The lowest BCUT2D eigenvalue weighted by Crippen LogP contribution is -2.35. The summed E-state index contributed by atoms with van der Waals surface area (Å²) in [6.45, 7) is 39.5. The Bertz CT molecular complexity index is 1410. The van der Waals surface area contributed by atoms with Crippen LogP contribution < -0.4 is 4.90 Å². The first-order valence-electron chi connectivity index (χ1n) is 20.8. The van der Waals surface area contributed by atoms with Crippen molar-refractivity contribution in [2.75, 3.05) is 4.90 Å². The molecule has 55 heavy (non-hydrogen) atoms. The summed E-state index contributed by atoms with van der Waals surface area (Å²) in [5.74, 6) is 0. The lowest BCUT2D eigenvalue weighted by molar-refractivity contribution is -0.0367. The minimum atomic E-state index is -0.974. The van der Waals surface area contributed by atoms with E-state index in [9.17, 15) is 15.3 Å². The van der Waals surface area contributed by atoms with Gasteiger partial charge in [-0.1, -0.05) is 161 Å². The molecule has 0 bridgehead atoms. The first kappa shape index (κ1) is 46.7. The van der Waals surface area contributed by atoms with Crippen molar-refractivity contribution in [3.05, 3.63) is 89.5 Å². The molecule has 308 valence electrons. The Morgan fingerprint density at radius 3 is 0.564 bits per heavy atom. The number of nitrogens with zero attached hydrogens (tertiary/aromatic N) is 1. The van der Waals surface area contributed by atoms with E-state index in [1.165, 1.54) is 0 Å². The predicted molar refractivity (Wildman–Crippen MR) is 237 cm³/mol. The second-order valence-electron chi connectivity index (χ2n) is 24.5. The van der Waals surface area contributed by atoms with E-state index in [-0.39, 0.29) is 32.5 Å². The Balaban J connectivity index is 2.23. The Labute approximate surface area is 338 Å². The van der Waals surface area contributed by atoms with E-state index in [0.717, 1.165) is 33.8 Å². The highest BCUT2D eigenvalue weighted by molar-refractivity contribution is 5.77. The molecule has 0 spiro atoms.